The van der Waals surface area contributed by atoms with E-state index < -0.39 is 0 Å². The highest BCUT2D eigenvalue weighted by atomic mass is 19.1. The second-order valence-electron chi connectivity index (χ2n) is 7.49. The van der Waals surface area contributed by atoms with Gasteiger partial charge in [-0.1, -0.05) is 24.3 Å². The Morgan fingerprint density at radius 2 is 1.74 bits per heavy atom. The van der Waals surface area contributed by atoms with Gasteiger partial charge >= 0.3 is 0 Å². The molecule has 0 saturated carbocycles. The number of rotatable bonds is 6. The van der Waals surface area contributed by atoms with Crippen molar-refractivity contribution in [2.24, 2.45) is 0 Å². The SMILES string of the molecule is CN(Cc1ccc(N(C)C)cc1)C(=O)CN1CCCC1c1ccc(F)cc1. The van der Waals surface area contributed by atoms with Crippen LogP contribution in [0.5, 0.6) is 0 Å². The molecule has 1 heterocycles. The third kappa shape index (κ3) is 4.86. The maximum absolute atomic E-state index is 13.2. The second-order valence-corrected chi connectivity index (χ2v) is 7.49. The molecule has 2 aromatic carbocycles. The lowest BCUT2D eigenvalue weighted by Crippen LogP contribution is -2.37. The molecule has 1 saturated heterocycles. The number of hydrogen-bond acceptors (Lipinski definition) is 3. The van der Waals surface area contributed by atoms with Crippen LogP contribution in [0.3, 0.4) is 0 Å². The average molecular weight is 369 g/mol. The third-order valence-electron chi connectivity index (χ3n) is 5.26. The summed E-state index contributed by atoms with van der Waals surface area (Å²) in [5.41, 5.74) is 3.35. The summed E-state index contributed by atoms with van der Waals surface area (Å²) in [6.07, 6.45) is 2.07. The molecule has 1 aliphatic rings. The summed E-state index contributed by atoms with van der Waals surface area (Å²) in [6, 6.07) is 15.1. The van der Waals surface area contributed by atoms with E-state index in [4.69, 9.17) is 0 Å². The summed E-state index contributed by atoms with van der Waals surface area (Å²) in [4.78, 5) is 18.8. The highest BCUT2D eigenvalue weighted by molar-refractivity contribution is 5.78. The highest BCUT2D eigenvalue weighted by Crippen LogP contribution is 2.31. The van der Waals surface area contributed by atoms with Crippen LogP contribution in [-0.4, -0.2) is 49.9 Å². The largest absolute Gasteiger partial charge is 0.378 e. The number of hydrogen-bond donors (Lipinski definition) is 0. The van der Waals surface area contributed by atoms with E-state index in [1.54, 1.807) is 4.90 Å². The van der Waals surface area contributed by atoms with Crippen molar-refractivity contribution < 1.29 is 9.18 Å². The topological polar surface area (TPSA) is 26.8 Å². The minimum Gasteiger partial charge on any atom is -0.378 e. The molecule has 0 aliphatic carbocycles. The van der Waals surface area contributed by atoms with Crippen LogP contribution in [0.15, 0.2) is 48.5 Å². The minimum absolute atomic E-state index is 0.112. The molecule has 0 radical (unpaired) electrons. The predicted octanol–water partition coefficient (Wildman–Crippen LogP) is 3.69. The predicted molar refractivity (Wildman–Crippen MR) is 107 cm³/mol. The Balaban J connectivity index is 1.59. The van der Waals surface area contributed by atoms with Crippen molar-refractivity contribution in [3.63, 3.8) is 0 Å². The number of anilines is 1. The van der Waals surface area contributed by atoms with Gasteiger partial charge in [0.2, 0.25) is 5.91 Å². The van der Waals surface area contributed by atoms with Gasteiger partial charge in [-0.2, -0.15) is 0 Å². The molecular weight excluding hydrogens is 341 g/mol. The summed E-state index contributed by atoms with van der Waals surface area (Å²) in [5, 5.41) is 0. The van der Waals surface area contributed by atoms with Gasteiger partial charge < -0.3 is 9.80 Å². The number of carbonyl (C=O) groups is 1. The fourth-order valence-corrected chi connectivity index (χ4v) is 3.63. The zero-order valence-electron chi connectivity index (χ0n) is 16.4. The van der Waals surface area contributed by atoms with Gasteiger partial charge in [0.05, 0.1) is 6.54 Å². The number of carbonyl (C=O) groups excluding carboxylic acids is 1. The van der Waals surface area contributed by atoms with E-state index in [0.717, 1.165) is 36.2 Å². The summed E-state index contributed by atoms with van der Waals surface area (Å²) >= 11 is 0. The summed E-state index contributed by atoms with van der Waals surface area (Å²) in [7, 11) is 5.88. The molecule has 4 nitrogen and oxygen atoms in total. The number of likely N-dealkylation sites (tertiary alicyclic amines) is 1. The van der Waals surface area contributed by atoms with Crippen LogP contribution in [-0.2, 0) is 11.3 Å². The molecular formula is C22H28FN3O. The van der Waals surface area contributed by atoms with Crippen molar-refractivity contribution >= 4 is 11.6 Å². The monoisotopic (exact) mass is 369 g/mol. The Labute approximate surface area is 161 Å². The van der Waals surface area contributed by atoms with Gasteiger partial charge in [0.1, 0.15) is 5.82 Å². The van der Waals surface area contributed by atoms with Gasteiger partial charge in [0.15, 0.2) is 0 Å². The van der Waals surface area contributed by atoms with Crippen molar-refractivity contribution in [3.8, 4) is 0 Å². The van der Waals surface area contributed by atoms with Crippen LogP contribution in [0.25, 0.3) is 0 Å². The first-order valence-corrected chi connectivity index (χ1v) is 9.44. The fraction of sp³-hybridized carbons (Fsp3) is 0.409. The van der Waals surface area contributed by atoms with Crippen molar-refractivity contribution in [2.45, 2.75) is 25.4 Å². The van der Waals surface area contributed by atoms with E-state index in [-0.39, 0.29) is 17.8 Å². The van der Waals surface area contributed by atoms with Gasteiger partial charge in [0, 0.05) is 39.4 Å². The normalized spacial score (nSPS) is 17.1. The first kappa shape index (κ1) is 19.4. The van der Waals surface area contributed by atoms with Gasteiger partial charge in [-0.3, -0.25) is 9.69 Å². The van der Waals surface area contributed by atoms with Crippen LogP contribution < -0.4 is 4.90 Å². The molecule has 1 amide bonds. The van der Waals surface area contributed by atoms with E-state index in [9.17, 15) is 9.18 Å². The fourth-order valence-electron chi connectivity index (χ4n) is 3.63. The number of likely N-dealkylation sites (N-methyl/N-ethyl adjacent to an activating group) is 1. The average Bonchev–Trinajstić information content (AvgIpc) is 3.10. The maximum Gasteiger partial charge on any atom is 0.236 e. The number of benzene rings is 2. The molecule has 0 spiro atoms. The summed E-state index contributed by atoms with van der Waals surface area (Å²) in [6.45, 7) is 1.90. The van der Waals surface area contributed by atoms with Crippen LogP contribution in [0, 0.1) is 5.82 Å². The lowest BCUT2D eigenvalue weighted by atomic mass is 10.0. The summed E-state index contributed by atoms with van der Waals surface area (Å²) in [5.74, 6) is -0.111. The van der Waals surface area contributed by atoms with E-state index >= 15 is 0 Å². The van der Waals surface area contributed by atoms with Crippen LogP contribution in [0.1, 0.15) is 30.0 Å². The number of amides is 1. The Morgan fingerprint density at radius 1 is 1.07 bits per heavy atom. The van der Waals surface area contributed by atoms with Gasteiger partial charge in [-0.25, -0.2) is 4.39 Å². The van der Waals surface area contributed by atoms with Gasteiger partial charge in [0.25, 0.3) is 0 Å². The molecule has 1 aliphatic heterocycles. The maximum atomic E-state index is 13.2. The lowest BCUT2D eigenvalue weighted by Gasteiger charge is -2.27. The van der Waals surface area contributed by atoms with Crippen molar-refractivity contribution in [2.75, 3.05) is 39.1 Å². The molecule has 0 N–H and O–H groups in total. The zero-order chi connectivity index (χ0) is 19.4. The van der Waals surface area contributed by atoms with Crippen molar-refractivity contribution in [3.05, 3.63) is 65.5 Å². The van der Waals surface area contributed by atoms with Crippen molar-refractivity contribution in [1.29, 1.82) is 0 Å². The molecule has 27 heavy (non-hydrogen) atoms. The number of nitrogens with zero attached hydrogens (tertiary/aromatic N) is 3. The Hall–Kier alpha value is -2.40. The lowest BCUT2D eigenvalue weighted by molar-refractivity contribution is -0.131. The quantitative estimate of drug-likeness (QED) is 0.777. The molecule has 0 bridgehead atoms. The van der Waals surface area contributed by atoms with Crippen LogP contribution in [0.4, 0.5) is 10.1 Å². The van der Waals surface area contributed by atoms with Gasteiger partial charge in [-0.15, -0.1) is 0 Å². The first-order valence-electron chi connectivity index (χ1n) is 9.44. The highest BCUT2D eigenvalue weighted by Gasteiger charge is 2.28. The molecule has 5 heteroatoms. The van der Waals surface area contributed by atoms with Gasteiger partial charge in [-0.05, 0) is 54.8 Å². The van der Waals surface area contributed by atoms with E-state index in [1.807, 2.05) is 33.3 Å². The molecule has 2 aromatic rings. The summed E-state index contributed by atoms with van der Waals surface area (Å²) < 4.78 is 13.2. The number of halogens is 1. The Kier molecular flexibility index (Phi) is 6.11. The van der Waals surface area contributed by atoms with Crippen LogP contribution >= 0.6 is 0 Å². The molecule has 1 atom stereocenters. The van der Waals surface area contributed by atoms with Crippen LogP contribution in [0.2, 0.25) is 0 Å². The van der Waals surface area contributed by atoms with E-state index in [1.165, 1.54) is 12.1 Å². The molecule has 1 unspecified atom stereocenters. The van der Waals surface area contributed by atoms with E-state index in [2.05, 4.69) is 34.1 Å². The zero-order valence-corrected chi connectivity index (χ0v) is 16.4. The Morgan fingerprint density at radius 3 is 2.37 bits per heavy atom. The third-order valence-corrected chi connectivity index (χ3v) is 5.26. The second kappa shape index (κ2) is 8.53. The van der Waals surface area contributed by atoms with E-state index in [0.29, 0.717) is 13.1 Å². The molecule has 1 fully saturated rings. The minimum atomic E-state index is -0.223. The Bertz CT molecular complexity index is 758. The molecule has 144 valence electrons. The standard InChI is InChI=1S/C22H28FN3O/c1-24(2)20-12-6-17(7-13-20)15-25(3)22(27)16-26-14-4-5-21(26)18-8-10-19(23)11-9-18/h6-13,21H,4-5,14-16H2,1-3H3. The molecule has 0 aromatic heterocycles. The molecule has 3 rings (SSSR count). The van der Waals surface area contributed by atoms with Crippen molar-refractivity contribution in [1.82, 2.24) is 9.80 Å². The smallest absolute Gasteiger partial charge is 0.236 e. The first-order chi connectivity index (χ1) is 12.9.